The predicted molar refractivity (Wildman–Crippen MR) is 88.9 cm³/mol. The second-order valence-corrected chi connectivity index (χ2v) is 5.00. The molecular formula is C15H16N4OS. The number of anilines is 2. The van der Waals surface area contributed by atoms with Crippen molar-refractivity contribution in [2.75, 3.05) is 24.3 Å². The van der Waals surface area contributed by atoms with Crippen LogP contribution in [0.25, 0.3) is 0 Å². The highest BCUT2D eigenvalue weighted by Crippen LogP contribution is 2.15. The Labute approximate surface area is 129 Å². The summed E-state index contributed by atoms with van der Waals surface area (Å²) in [7, 11) is 3.92. The van der Waals surface area contributed by atoms with Gasteiger partial charge in [0.05, 0.1) is 0 Å². The van der Waals surface area contributed by atoms with Crippen molar-refractivity contribution < 1.29 is 4.79 Å². The first-order valence-electron chi connectivity index (χ1n) is 6.36. The van der Waals surface area contributed by atoms with Gasteiger partial charge in [0.1, 0.15) is 4.99 Å². The first-order chi connectivity index (χ1) is 10.1. The van der Waals surface area contributed by atoms with Crippen LogP contribution in [0.4, 0.5) is 16.2 Å². The van der Waals surface area contributed by atoms with Crippen LogP contribution < -0.4 is 15.5 Å². The quantitative estimate of drug-likeness (QED) is 0.856. The van der Waals surface area contributed by atoms with Crippen LogP contribution in [-0.2, 0) is 0 Å². The highest BCUT2D eigenvalue weighted by Gasteiger charge is 2.07. The number of carbonyl (C=O) groups excluding carboxylic acids is 1. The van der Waals surface area contributed by atoms with Gasteiger partial charge < -0.3 is 10.2 Å². The third kappa shape index (κ3) is 4.25. The molecule has 0 atom stereocenters. The molecule has 0 saturated carbocycles. The second-order valence-electron chi connectivity index (χ2n) is 4.59. The molecule has 108 valence electrons. The molecule has 0 aliphatic heterocycles. The third-order valence-electron chi connectivity index (χ3n) is 2.79. The molecular weight excluding hydrogens is 284 g/mol. The number of amides is 2. The summed E-state index contributed by atoms with van der Waals surface area (Å²) >= 11 is 5.15. The summed E-state index contributed by atoms with van der Waals surface area (Å²) in [6.45, 7) is 0. The lowest BCUT2D eigenvalue weighted by Gasteiger charge is -2.13. The first-order valence-corrected chi connectivity index (χ1v) is 6.77. The fourth-order valence-electron chi connectivity index (χ4n) is 1.68. The van der Waals surface area contributed by atoms with Gasteiger partial charge in [-0.2, -0.15) is 0 Å². The summed E-state index contributed by atoms with van der Waals surface area (Å²) in [4.78, 5) is 18.2. The van der Waals surface area contributed by atoms with Crippen molar-refractivity contribution >= 4 is 34.6 Å². The first kappa shape index (κ1) is 14.9. The summed E-state index contributed by atoms with van der Waals surface area (Å²) in [6, 6.07) is 10.7. The average Bonchev–Trinajstić information content (AvgIpc) is 2.48. The molecule has 1 aromatic heterocycles. The van der Waals surface area contributed by atoms with Crippen molar-refractivity contribution in [1.82, 2.24) is 10.3 Å². The van der Waals surface area contributed by atoms with Crippen LogP contribution in [0.5, 0.6) is 0 Å². The maximum absolute atomic E-state index is 11.9. The number of hydrogen-bond acceptors (Lipinski definition) is 4. The van der Waals surface area contributed by atoms with Gasteiger partial charge in [0.25, 0.3) is 0 Å². The van der Waals surface area contributed by atoms with Gasteiger partial charge in [0.2, 0.25) is 0 Å². The van der Waals surface area contributed by atoms with Crippen molar-refractivity contribution in [1.29, 1.82) is 0 Å². The summed E-state index contributed by atoms with van der Waals surface area (Å²) < 4.78 is 0. The van der Waals surface area contributed by atoms with Gasteiger partial charge in [0, 0.05) is 43.4 Å². The SMILES string of the molecule is CN(C)c1ccc(NC(=O)NC(=S)c2cccnc2)cc1. The molecule has 0 radical (unpaired) electrons. The predicted octanol–water partition coefficient (Wildman–Crippen LogP) is 2.64. The Morgan fingerprint density at radius 1 is 1.19 bits per heavy atom. The molecule has 5 nitrogen and oxygen atoms in total. The zero-order valence-corrected chi connectivity index (χ0v) is 12.6. The summed E-state index contributed by atoms with van der Waals surface area (Å²) in [6.07, 6.45) is 3.26. The van der Waals surface area contributed by atoms with Gasteiger partial charge in [-0.1, -0.05) is 12.2 Å². The zero-order chi connectivity index (χ0) is 15.2. The van der Waals surface area contributed by atoms with Gasteiger partial charge in [-0.15, -0.1) is 0 Å². The molecule has 0 aliphatic carbocycles. The van der Waals surface area contributed by atoms with Crippen LogP contribution in [0.15, 0.2) is 48.8 Å². The number of aromatic nitrogens is 1. The van der Waals surface area contributed by atoms with E-state index in [2.05, 4.69) is 15.6 Å². The Morgan fingerprint density at radius 3 is 2.48 bits per heavy atom. The topological polar surface area (TPSA) is 57.3 Å². The molecule has 2 aromatic rings. The number of benzene rings is 1. The maximum Gasteiger partial charge on any atom is 0.324 e. The fraction of sp³-hybridized carbons (Fsp3) is 0.133. The van der Waals surface area contributed by atoms with E-state index in [9.17, 15) is 4.79 Å². The monoisotopic (exact) mass is 300 g/mol. The summed E-state index contributed by atoms with van der Waals surface area (Å²) in [5.74, 6) is 0. The Bertz CT molecular complexity index is 626. The number of urea groups is 1. The van der Waals surface area contributed by atoms with Crippen LogP contribution in [0, 0.1) is 0 Å². The summed E-state index contributed by atoms with van der Waals surface area (Å²) in [5, 5.41) is 5.35. The minimum absolute atomic E-state index is 0.338. The third-order valence-corrected chi connectivity index (χ3v) is 3.13. The van der Waals surface area contributed by atoms with Gasteiger partial charge in [-0.05, 0) is 36.4 Å². The standard InChI is InChI=1S/C15H16N4OS/c1-19(2)13-7-5-12(6-8-13)17-15(20)18-14(21)11-4-3-9-16-10-11/h3-10H,1-2H3,(H2,17,18,20,21). The molecule has 0 bridgehead atoms. The van der Waals surface area contributed by atoms with Gasteiger partial charge in [-0.3, -0.25) is 10.3 Å². The molecule has 2 rings (SSSR count). The van der Waals surface area contributed by atoms with Crippen LogP contribution >= 0.6 is 12.2 Å². The molecule has 2 amide bonds. The number of rotatable bonds is 3. The molecule has 0 spiro atoms. The molecule has 1 heterocycles. The van der Waals surface area contributed by atoms with Crippen LogP contribution in [0.1, 0.15) is 5.56 Å². The minimum atomic E-state index is -0.374. The molecule has 0 saturated heterocycles. The number of carbonyl (C=O) groups is 1. The van der Waals surface area contributed by atoms with E-state index >= 15 is 0 Å². The highest BCUT2D eigenvalue weighted by molar-refractivity contribution is 7.80. The minimum Gasteiger partial charge on any atom is -0.378 e. The largest absolute Gasteiger partial charge is 0.378 e. The lowest BCUT2D eigenvalue weighted by molar-refractivity contribution is 0.256. The van der Waals surface area contributed by atoms with Crippen LogP contribution in [-0.4, -0.2) is 30.1 Å². The normalized spacial score (nSPS) is 9.81. The van der Waals surface area contributed by atoms with Gasteiger partial charge in [-0.25, -0.2) is 4.79 Å². The molecule has 6 heteroatoms. The van der Waals surface area contributed by atoms with Crippen molar-refractivity contribution in [2.45, 2.75) is 0 Å². The van der Waals surface area contributed by atoms with E-state index in [1.165, 1.54) is 0 Å². The van der Waals surface area contributed by atoms with Crippen molar-refractivity contribution in [3.05, 3.63) is 54.4 Å². The molecule has 0 aliphatic rings. The average molecular weight is 300 g/mol. The lowest BCUT2D eigenvalue weighted by atomic mass is 10.2. The summed E-state index contributed by atoms with van der Waals surface area (Å²) in [5.41, 5.74) is 2.46. The van der Waals surface area contributed by atoms with Crippen LogP contribution in [0.3, 0.4) is 0 Å². The van der Waals surface area contributed by atoms with Gasteiger partial charge in [0.15, 0.2) is 0 Å². The maximum atomic E-state index is 11.9. The Morgan fingerprint density at radius 2 is 1.90 bits per heavy atom. The van der Waals surface area contributed by atoms with E-state index in [1.54, 1.807) is 24.5 Å². The molecule has 2 N–H and O–H groups in total. The Hall–Kier alpha value is -2.47. The van der Waals surface area contributed by atoms with E-state index in [-0.39, 0.29) is 6.03 Å². The zero-order valence-electron chi connectivity index (χ0n) is 11.8. The van der Waals surface area contributed by atoms with E-state index < -0.39 is 0 Å². The molecule has 1 aromatic carbocycles. The smallest absolute Gasteiger partial charge is 0.324 e. The Balaban J connectivity index is 1.94. The number of hydrogen-bond donors (Lipinski definition) is 2. The van der Waals surface area contributed by atoms with E-state index in [1.807, 2.05) is 43.3 Å². The number of thiocarbonyl (C=S) groups is 1. The van der Waals surface area contributed by atoms with E-state index in [0.29, 0.717) is 16.2 Å². The molecule has 0 fully saturated rings. The fourth-order valence-corrected chi connectivity index (χ4v) is 1.89. The Kier molecular flexibility index (Phi) is 4.84. The second kappa shape index (κ2) is 6.81. The van der Waals surface area contributed by atoms with Crippen molar-refractivity contribution in [3.8, 4) is 0 Å². The number of pyridine rings is 1. The molecule has 0 unspecified atom stereocenters. The van der Waals surface area contributed by atoms with Crippen LogP contribution in [0.2, 0.25) is 0 Å². The van der Waals surface area contributed by atoms with E-state index in [0.717, 1.165) is 5.69 Å². The number of nitrogens with zero attached hydrogens (tertiary/aromatic N) is 2. The number of nitrogens with one attached hydrogen (secondary N) is 2. The van der Waals surface area contributed by atoms with Gasteiger partial charge >= 0.3 is 6.03 Å². The van der Waals surface area contributed by atoms with Crippen molar-refractivity contribution in [3.63, 3.8) is 0 Å². The highest BCUT2D eigenvalue weighted by atomic mass is 32.1. The lowest BCUT2D eigenvalue weighted by Crippen LogP contribution is -2.33. The van der Waals surface area contributed by atoms with Crippen molar-refractivity contribution in [2.24, 2.45) is 0 Å². The molecule has 21 heavy (non-hydrogen) atoms. The van der Waals surface area contributed by atoms with E-state index in [4.69, 9.17) is 12.2 Å².